The maximum atomic E-state index is 12.3. The maximum absolute atomic E-state index is 12.3. The molecule has 1 aliphatic heterocycles. The van der Waals surface area contributed by atoms with Crippen molar-refractivity contribution in [3.05, 3.63) is 59.7 Å². The van der Waals surface area contributed by atoms with Crippen molar-refractivity contribution < 1.29 is 19.1 Å². The molecule has 1 atom stereocenters. The molecule has 112 valence electrons. The maximum Gasteiger partial charge on any atom is 0.337 e. The molecule has 0 saturated carbocycles. The number of para-hydroxylation sites is 1. The summed E-state index contributed by atoms with van der Waals surface area (Å²) < 4.78 is 10.3. The van der Waals surface area contributed by atoms with Gasteiger partial charge in [-0.3, -0.25) is 4.79 Å². The largest absolute Gasteiger partial charge is 0.480 e. The first-order valence-corrected chi connectivity index (χ1v) is 6.91. The van der Waals surface area contributed by atoms with E-state index in [4.69, 9.17) is 4.74 Å². The quantitative estimate of drug-likeness (QED) is 0.884. The summed E-state index contributed by atoms with van der Waals surface area (Å²) in [5, 5.41) is 2.77. The van der Waals surface area contributed by atoms with Crippen LogP contribution in [0, 0.1) is 0 Å². The average molecular weight is 297 g/mol. The molecule has 0 saturated heterocycles. The number of methoxy groups -OCH3 is 1. The highest BCUT2D eigenvalue weighted by atomic mass is 16.5. The summed E-state index contributed by atoms with van der Waals surface area (Å²) in [5.74, 6) is 0.0600. The SMILES string of the molecule is COC(=O)c1cccc(NC(=O)[C@@H]2Cc3ccccc3O2)c1. The van der Waals surface area contributed by atoms with Crippen molar-refractivity contribution in [1.82, 2.24) is 0 Å². The van der Waals surface area contributed by atoms with Crippen LogP contribution in [0.1, 0.15) is 15.9 Å². The van der Waals surface area contributed by atoms with Crippen LogP contribution in [0.25, 0.3) is 0 Å². The molecule has 5 heteroatoms. The Labute approximate surface area is 127 Å². The zero-order chi connectivity index (χ0) is 15.5. The van der Waals surface area contributed by atoms with E-state index in [9.17, 15) is 9.59 Å². The van der Waals surface area contributed by atoms with Gasteiger partial charge in [0.2, 0.25) is 0 Å². The molecule has 1 heterocycles. The Kier molecular flexibility index (Phi) is 3.78. The molecule has 0 bridgehead atoms. The minimum absolute atomic E-state index is 0.238. The van der Waals surface area contributed by atoms with Crippen molar-refractivity contribution in [2.24, 2.45) is 0 Å². The number of hydrogen-bond donors (Lipinski definition) is 1. The van der Waals surface area contributed by atoms with E-state index in [1.807, 2.05) is 24.3 Å². The van der Waals surface area contributed by atoms with E-state index in [1.165, 1.54) is 7.11 Å². The highest BCUT2D eigenvalue weighted by Gasteiger charge is 2.28. The molecule has 2 aromatic rings. The Morgan fingerprint density at radius 2 is 2.00 bits per heavy atom. The van der Waals surface area contributed by atoms with Crippen LogP contribution in [0.3, 0.4) is 0 Å². The number of anilines is 1. The second-order valence-corrected chi connectivity index (χ2v) is 4.98. The monoisotopic (exact) mass is 297 g/mol. The predicted octanol–water partition coefficient (Wildman–Crippen LogP) is 2.42. The summed E-state index contributed by atoms with van der Waals surface area (Å²) in [6.45, 7) is 0. The van der Waals surface area contributed by atoms with Crippen molar-refractivity contribution in [2.75, 3.05) is 12.4 Å². The van der Waals surface area contributed by atoms with Gasteiger partial charge in [0.15, 0.2) is 6.10 Å². The Balaban J connectivity index is 1.69. The van der Waals surface area contributed by atoms with Gasteiger partial charge in [0.05, 0.1) is 12.7 Å². The molecule has 0 fully saturated rings. The molecular formula is C17H15NO4. The van der Waals surface area contributed by atoms with Crippen LogP contribution in [0.4, 0.5) is 5.69 Å². The first-order valence-electron chi connectivity index (χ1n) is 6.91. The summed E-state index contributed by atoms with van der Waals surface area (Å²) in [6.07, 6.45) is -0.0159. The third-order valence-electron chi connectivity index (χ3n) is 3.49. The van der Waals surface area contributed by atoms with Crippen molar-refractivity contribution >= 4 is 17.6 Å². The fourth-order valence-corrected chi connectivity index (χ4v) is 2.39. The summed E-state index contributed by atoms with van der Waals surface area (Å²) in [5.41, 5.74) is 1.94. The van der Waals surface area contributed by atoms with Gasteiger partial charge in [-0.2, -0.15) is 0 Å². The van der Waals surface area contributed by atoms with Crippen molar-refractivity contribution in [2.45, 2.75) is 12.5 Å². The van der Waals surface area contributed by atoms with Gasteiger partial charge in [-0.1, -0.05) is 24.3 Å². The minimum atomic E-state index is -0.556. The van der Waals surface area contributed by atoms with Crippen LogP contribution in [0.2, 0.25) is 0 Å². The zero-order valence-corrected chi connectivity index (χ0v) is 12.0. The van der Waals surface area contributed by atoms with Crippen molar-refractivity contribution in [3.8, 4) is 5.75 Å². The highest BCUT2D eigenvalue weighted by Crippen LogP contribution is 2.28. The van der Waals surface area contributed by atoms with E-state index in [0.717, 1.165) is 11.3 Å². The summed E-state index contributed by atoms with van der Waals surface area (Å²) in [4.78, 5) is 23.8. The van der Waals surface area contributed by atoms with E-state index < -0.39 is 12.1 Å². The molecule has 0 unspecified atom stereocenters. The molecule has 0 aromatic heterocycles. The number of esters is 1. The predicted molar refractivity (Wildman–Crippen MR) is 81.0 cm³/mol. The van der Waals surface area contributed by atoms with Crippen LogP contribution in [-0.4, -0.2) is 25.1 Å². The van der Waals surface area contributed by atoms with Gasteiger partial charge in [0.25, 0.3) is 5.91 Å². The molecule has 22 heavy (non-hydrogen) atoms. The molecular weight excluding hydrogens is 282 g/mol. The third kappa shape index (κ3) is 2.79. The van der Waals surface area contributed by atoms with Gasteiger partial charge in [-0.15, -0.1) is 0 Å². The number of ether oxygens (including phenoxy) is 2. The third-order valence-corrected chi connectivity index (χ3v) is 3.49. The smallest absolute Gasteiger partial charge is 0.337 e. The van der Waals surface area contributed by atoms with E-state index in [0.29, 0.717) is 17.7 Å². The van der Waals surface area contributed by atoms with E-state index in [-0.39, 0.29) is 5.91 Å². The fraction of sp³-hybridized carbons (Fsp3) is 0.176. The van der Waals surface area contributed by atoms with Gasteiger partial charge >= 0.3 is 5.97 Å². The number of carbonyl (C=O) groups is 2. The normalized spacial score (nSPS) is 15.6. The number of carbonyl (C=O) groups excluding carboxylic acids is 2. The molecule has 1 aliphatic rings. The van der Waals surface area contributed by atoms with Crippen LogP contribution in [0.5, 0.6) is 5.75 Å². The number of hydrogen-bond acceptors (Lipinski definition) is 4. The second kappa shape index (κ2) is 5.89. The van der Waals surface area contributed by atoms with Crippen LogP contribution < -0.4 is 10.1 Å². The van der Waals surface area contributed by atoms with E-state index >= 15 is 0 Å². The number of fused-ring (bicyclic) bond motifs is 1. The second-order valence-electron chi connectivity index (χ2n) is 4.98. The molecule has 1 amide bonds. The average Bonchev–Trinajstić information content (AvgIpc) is 2.98. The van der Waals surface area contributed by atoms with Crippen LogP contribution in [-0.2, 0) is 16.0 Å². The van der Waals surface area contributed by atoms with Crippen molar-refractivity contribution in [1.29, 1.82) is 0 Å². The number of nitrogens with one attached hydrogen (secondary N) is 1. The minimum Gasteiger partial charge on any atom is -0.480 e. The molecule has 0 aliphatic carbocycles. The number of benzene rings is 2. The fourth-order valence-electron chi connectivity index (χ4n) is 2.39. The van der Waals surface area contributed by atoms with Gasteiger partial charge < -0.3 is 14.8 Å². The lowest BCUT2D eigenvalue weighted by molar-refractivity contribution is -0.122. The van der Waals surface area contributed by atoms with Gasteiger partial charge in [0.1, 0.15) is 5.75 Å². The topological polar surface area (TPSA) is 64.6 Å². The van der Waals surface area contributed by atoms with Crippen LogP contribution >= 0.6 is 0 Å². The zero-order valence-electron chi connectivity index (χ0n) is 12.0. The lowest BCUT2D eigenvalue weighted by atomic mass is 10.1. The number of amides is 1. The Hall–Kier alpha value is -2.82. The summed E-state index contributed by atoms with van der Waals surface area (Å²) in [6, 6.07) is 14.2. The summed E-state index contributed by atoms with van der Waals surface area (Å²) >= 11 is 0. The standard InChI is InChI=1S/C17H15NO4/c1-21-17(20)12-6-4-7-13(9-12)18-16(19)15-10-11-5-2-3-8-14(11)22-15/h2-9,15H,10H2,1H3,(H,18,19)/t15-/m0/s1. The van der Waals surface area contributed by atoms with Gasteiger partial charge in [-0.05, 0) is 29.8 Å². The first-order chi connectivity index (χ1) is 10.7. The Bertz CT molecular complexity index is 701. The van der Waals surface area contributed by atoms with E-state index in [1.54, 1.807) is 24.3 Å². The Morgan fingerprint density at radius 3 is 2.77 bits per heavy atom. The van der Waals surface area contributed by atoms with Gasteiger partial charge in [0, 0.05) is 12.1 Å². The molecule has 3 rings (SSSR count). The molecule has 1 N–H and O–H groups in total. The Morgan fingerprint density at radius 1 is 1.18 bits per heavy atom. The van der Waals surface area contributed by atoms with Crippen LogP contribution in [0.15, 0.2) is 48.5 Å². The highest BCUT2D eigenvalue weighted by molar-refractivity contribution is 5.97. The van der Waals surface area contributed by atoms with E-state index in [2.05, 4.69) is 10.1 Å². The molecule has 2 aromatic carbocycles. The number of rotatable bonds is 3. The molecule has 5 nitrogen and oxygen atoms in total. The first kappa shape index (κ1) is 14.1. The molecule has 0 radical (unpaired) electrons. The van der Waals surface area contributed by atoms with Crippen molar-refractivity contribution in [3.63, 3.8) is 0 Å². The molecule has 0 spiro atoms. The lowest BCUT2D eigenvalue weighted by Crippen LogP contribution is -2.31. The van der Waals surface area contributed by atoms with Gasteiger partial charge in [-0.25, -0.2) is 4.79 Å². The lowest BCUT2D eigenvalue weighted by Gasteiger charge is -2.12. The summed E-state index contributed by atoms with van der Waals surface area (Å²) in [7, 11) is 1.32.